The molecule has 32 heavy (non-hydrogen) atoms. The summed E-state index contributed by atoms with van der Waals surface area (Å²) in [6.45, 7) is 0. The van der Waals surface area contributed by atoms with Gasteiger partial charge in [0.05, 0.1) is 16.9 Å². The zero-order chi connectivity index (χ0) is 23.5. The Hall–Kier alpha value is -3.38. The van der Waals surface area contributed by atoms with Gasteiger partial charge in [-0.05, 0) is 31.0 Å². The van der Waals surface area contributed by atoms with Crippen molar-refractivity contribution in [1.82, 2.24) is 29.9 Å². The van der Waals surface area contributed by atoms with Crippen molar-refractivity contribution in [3.8, 4) is 11.3 Å². The first-order valence-electron chi connectivity index (χ1n) is 9.32. The molecule has 1 aliphatic carbocycles. The van der Waals surface area contributed by atoms with E-state index in [0.717, 1.165) is 16.9 Å². The second kappa shape index (κ2) is 7.07. The summed E-state index contributed by atoms with van der Waals surface area (Å²) in [5.74, 6) is -0.751. The molecule has 1 aliphatic rings. The standard InChI is InChI=1S/C19H16F6N6O/c1-30-12(9-14(29-30)19(23,24)25)16(32)27-17(4-5-17)15-8-11(28-31(15)2)10-3-6-26-13(7-10)18(20,21)22/h3,6-9H,4-5H2,1-2H3,(H,27,32). The zero-order valence-electron chi connectivity index (χ0n) is 16.7. The molecule has 4 rings (SSSR count). The lowest BCUT2D eigenvalue weighted by molar-refractivity contribution is -0.142. The summed E-state index contributed by atoms with van der Waals surface area (Å²) < 4.78 is 79.8. The van der Waals surface area contributed by atoms with Gasteiger partial charge in [-0.1, -0.05) is 0 Å². The Morgan fingerprint density at radius 2 is 1.62 bits per heavy atom. The lowest BCUT2D eigenvalue weighted by Crippen LogP contribution is -2.37. The fourth-order valence-corrected chi connectivity index (χ4v) is 3.47. The third-order valence-corrected chi connectivity index (χ3v) is 5.22. The van der Waals surface area contributed by atoms with E-state index in [2.05, 4.69) is 20.5 Å². The van der Waals surface area contributed by atoms with Crippen LogP contribution in [0.4, 0.5) is 26.3 Å². The van der Waals surface area contributed by atoms with Crippen LogP contribution in [0.2, 0.25) is 0 Å². The number of nitrogens with zero attached hydrogens (tertiary/aromatic N) is 5. The smallest absolute Gasteiger partial charge is 0.340 e. The Kier molecular flexibility index (Phi) is 4.82. The first-order valence-corrected chi connectivity index (χ1v) is 9.32. The van der Waals surface area contributed by atoms with Gasteiger partial charge >= 0.3 is 12.4 Å². The second-order valence-electron chi connectivity index (χ2n) is 7.54. The SMILES string of the molecule is Cn1nc(C(F)(F)F)cc1C(=O)NC1(c2cc(-c3ccnc(C(F)(F)F)c3)nn2C)CC1. The van der Waals surface area contributed by atoms with E-state index in [4.69, 9.17) is 0 Å². The normalized spacial score (nSPS) is 15.6. The molecular formula is C19H16F6N6O. The van der Waals surface area contributed by atoms with E-state index in [0.29, 0.717) is 24.6 Å². The van der Waals surface area contributed by atoms with Crippen LogP contribution in [0.1, 0.15) is 40.4 Å². The summed E-state index contributed by atoms with van der Waals surface area (Å²) in [4.78, 5) is 16.0. The van der Waals surface area contributed by atoms with Gasteiger partial charge in [0.2, 0.25) is 0 Å². The van der Waals surface area contributed by atoms with Crippen molar-refractivity contribution in [2.75, 3.05) is 0 Å². The minimum absolute atomic E-state index is 0.192. The molecule has 0 atom stereocenters. The molecule has 1 N–H and O–H groups in total. The molecule has 1 saturated carbocycles. The van der Waals surface area contributed by atoms with Crippen molar-refractivity contribution in [2.24, 2.45) is 14.1 Å². The predicted octanol–water partition coefficient (Wildman–Crippen LogP) is 3.67. The summed E-state index contributed by atoms with van der Waals surface area (Å²) in [5, 5.41) is 10.3. The van der Waals surface area contributed by atoms with Gasteiger partial charge in [-0.2, -0.15) is 36.5 Å². The van der Waals surface area contributed by atoms with Crippen LogP contribution in [0.5, 0.6) is 0 Å². The number of amides is 1. The highest BCUT2D eigenvalue weighted by atomic mass is 19.4. The van der Waals surface area contributed by atoms with Gasteiger partial charge in [-0.3, -0.25) is 19.1 Å². The maximum absolute atomic E-state index is 13.0. The second-order valence-corrected chi connectivity index (χ2v) is 7.54. The van der Waals surface area contributed by atoms with Crippen molar-refractivity contribution >= 4 is 5.91 Å². The van der Waals surface area contributed by atoms with Crippen molar-refractivity contribution in [3.63, 3.8) is 0 Å². The summed E-state index contributed by atoms with van der Waals surface area (Å²) in [7, 11) is 2.80. The van der Waals surface area contributed by atoms with Crippen LogP contribution in [0.3, 0.4) is 0 Å². The largest absolute Gasteiger partial charge is 0.435 e. The van der Waals surface area contributed by atoms with Gasteiger partial charge < -0.3 is 5.32 Å². The van der Waals surface area contributed by atoms with Gasteiger partial charge in [0.1, 0.15) is 11.4 Å². The molecule has 0 unspecified atom stereocenters. The third-order valence-electron chi connectivity index (χ3n) is 5.22. The fourth-order valence-electron chi connectivity index (χ4n) is 3.47. The number of aryl methyl sites for hydroxylation is 2. The van der Waals surface area contributed by atoms with E-state index in [1.165, 1.54) is 17.8 Å². The average Bonchev–Trinajstić information content (AvgIpc) is 3.15. The predicted molar refractivity (Wildman–Crippen MR) is 98.0 cm³/mol. The van der Waals surface area contributed by atoms with Crippen molar-refractivity contribution < 1.29 is 31.1 Å². The van der Waals surface area contributed by atoms with Crippen LogP contribution >= 0.6 is 0 Å². The molecule has 0 aliphatic heterocycles. The van der Waals surface area contributed by atoms with Crippen LogP contribution in [-0.2, 0) is 32.0 Å². The van der Waals surface area contributed by atoms with Crippen molar-refractivity contribution in [3.05, 3.63) is 53.2 Å². The monoisotopic (exact) mass is 458 g/mol. The summed E-state index contributed by atoms with van der Waals surface area (Å²) in [6, 6.07) is 4.47. The molecule has 7 nitrogen and oxygen atoms in total. The molecule has 1 amide bonds. The molecule has 170 valence electrons. The molecule has 1 fully saturated rings. The molecule has 3 heterocycles. The highest BCUT2D eigenvalue weighted by Crippen LogP contribution is 2.46. The fraction of sp³-hybridized carbons (Fsp3) is 0.368. The van der Waals surface area contributed by atoms with E-state index < -0.39 is 35.2 Å². The molecule has 3 aromatic heterocycles. The Labute approximate surface area is 177 Å². The van der Waals surface area contributed by atoms with Crippen LogP contribution in [0.15, 0.2) is 30.5 Å². The van der Waals surface area contributed by atoms with Crippen LogP contribution in [0.25, 0.3) is 11.3 Å². The Balaban J connectivity index is 1.61. The number of halogens is 6. The average molecular weight is 458 g/mol. The van der Waals surface area contributed by atoms with Gasteiger partial charge in [-0.15, -0.1) is 0 Å². The van der Waals surface area contributed by atoms with Gasteiger partial charge in [0.25, 0.3) is 5.91 Å². The number of carbonyl (C=O) groups excluding carboxylic acids is 1. The lowest BCUT2D eigenvalue weighted by atomic mass is 10.1. The number of aromatic nitrogens is 5. The maximum Gasteiger partial charge on any atom is 0.435 e. The Morgan fingerprint density at radius 3 is 2.19 bits per heavy atom. The number of hydrogen-bond acceptors (Lipinski definition) is 4. The minimum atomic E-state index is -4.69. The number of carbonyl (C=O) groups is 1. The van der Waals surface area contributed by atoms with E-state index >= 15 is 0 Å². The van der Waals surface area contributed by atoms with Crippen LogP contribution in [-0.4, -0.2) is 30.5 Å². The number of alkyl halides is 6. The molecule has 0 aromatic carbocycles. The number of pyridine rings is 1. The first kappa shape index (κ1) is 21.8. The highest BCUT2D eigenvalue weighted by molar-refractivity contribution is 5.93. The van der Waals surface area contributed by atoms with E-state index in [-0.39, 0.29) is 17.0 Å². The van der Waals surface area contributed by atoms with Crippen molar-refractivity contribution in [2.45, 2.75) is 30.7 Å². The Bertz CT molecular complexity index is 1190. The molecule has 0 spiro atoms. The first-order chi connectivity index (χ1) is 14.8. The molecule has 0 bridgehead atoms. The minimum Gasteiger partial charge on any atom is -0.340 e. The molecule has 13 heteroatoms. The van der Waals surface area contributed by atoms with E-state index in [9.17, 15) is 31.1 Å². The maximum atomic E-state index is 13.0. The number of hydrogen-bond donors (Lipinski definition) is 1. The molecule has 0 saturated heterocycles. The van der Waals surface area contributed by atoms with Gasteiger partial charge in [0, 0.05) is 31.9 Å². The topological polar surface area (TPSA) is 77.6 Å². The zero-order valence-corrected chi connectivity index (χ0v) is 16.7. The van der Waals surface area contributed by atoms with Gasteiger partial charge in [-0.25, -0.2) is 0 Å². The molecule has 0 radical (unpaired) electrons. The molecular weight excluding hydrogens is 442 g/mol. The van der Waals surface area contributed by atoms with E-state index in [1.807, 2.05) is 0 Å². The highest BCUT2D eigenvalue weighted by Gasteiger charge is 2.49. The summed E-state index contributed by atoms with van der Waals surface area (Å²) in [6.07, 6.45) is -7.29. The third kappa shape index (κ3) is 3.94. The van der Waals surface area contributed by atoms with Crippen LogP contribution in [0, 0.1) is 0 Å². The van der Waals surface area contributed by atoms with Gasteiger partial charge in [0.15, 0.2) is 5.69 Å². The summed E-state index contributed by atoms with van der Waals surface area (Å²) in [5.41, 5.74) is -2.45. The number of rotatable bonds is 4. The van der Waals surface area contributed by atoms with E-state index in [1.54, 1.807) is 13.1 Å². The molecule has 3 aromatic rings. The van der Waals surface area contributed by atoms with Crippen molar-refractivity contribution in [1.29, 1.82) is 0 Å². The quantitative estimate of drug-likeness (QED) is 0.606. The summed E-state index contributed by atoms with van der Waals surface area (Å²) >= 11 is 0. The Morgan fingerprint density at radius 1 is 0.969 bits per heavy atom. The lowest BCUT2D eigenvalue weighted by Gasteiger charge is -2.17. The number of nitrogens with one attached hydrogen (secondary N) is 1. The van der Waals surface area contributed by atoms with Crippen LogP contribution < -0.4 is 5.32 Å².